The zero-order valence-electron chi connectivity index (χ0n) is 13.5. The number of nitrogens with zero attached hydrogens (tertiary/aromatic N) is 1. The Morgan fingerprint density at radius 1 is 1.00 bits per heavy atom. The maximum Gasteiger partial charge on any atom is 0.0215 e. The van der Waals surface area contributed by atoms with E-state index in [2.05, 4.69) is 44.8 Å². The van der Waals surface area contributed by atoms with Crippen molar-refractivity contribution in [1.82, 2.24) is 10.2 Å². The lowest BCUT2D eigenvalue weighted by Crippen LogP contribution is -2.58. The fourth-order valence-electron chi connectivity index (χ4n) is 5.20. The summed E-state index contributed by atoms with van der Waals surface area (Å²) >= 11 is 0. The summed E-state index contributed by atoms with van der Waals surface area (Å²) in [6, 6.07) is 3.30. The smallest absolute Gasteiger partial charge is 0.0215 e. The van der Waals surface area contributed by atoms with Gasteiger partial charge in [-0.25, -0.2) is 0 Å². The van der Waals surface area contributed by atoms with Crippen molar-refractivity contribution < 1.29 is 0 Å². The van der Waals surface area contributed by atoms with E-state index in [0.717, 1.165) is 30.7 Å². The molecule has 0 aromatic heterocycles. The molecule has 110 valence electrons. The first-order chi connectivity index (χ1) is 8.89. The number of fused-ring (bicyclic) bond motifs is 2. The molecule has 0 aromatic carbocycles. The SMILES string of the molecule is CCNC1CC2CCCC(C1)N2C1C(C)(C)C1(C)C. The van der Waals surface area contributed by atoms with Gasteiger partial charge < -0.3 is 5.32 Å². The Hall–Kier alpha value is -0.0800. The van der Waals surface area contributed by atoms with Gasteiger partial charge in [0.2, 0.25) is 0 Å². The molecule has 1 saturated carbocycles. The average molecular weight is 264 g/mol. The minimum absolute atomic E-state index is 0.506. The predicted molar refractivity (Wildman–Crippen MR) is 81.3 cm³/mol. The molecule has 2 saturated heterocycles. The van der Waals surface area contributed by atoms with Crippen molar-refractivity contribution in [3.63, 3.8) is 0 Å². The summed E-state index contributed by atoms with van der Waals surface area (Å²) in [5.41, 5.74) is 1.01. The Kier molecular flexibility index (Phi) is 3.26. The third kappa shape index (κ3) is 1.98. The Labute approximate surface area is 119 Å². The number of hydrogen-bond donors (Lipinski definition) is 1. The fourth-order valence-corrected chi connectivity index (χ4v) is 5.20. The summed E-state index contributed by atoms with van der Waals surface area (Å²) in [6.07, 6.45) is 7.08. The topological polar surface area (TPSA) is 15.3 Å². The predicted octanol–water partition coefficient (Wildman–Crippen LogP) is 3.42. The lowest BCUT2D eigenvalue weighted by Gasteiger charge is -2.50. The second-order valence-electron chi connectivity index (χ2n) is 8.26. The van der Waals surface area contributed by atoms with E-state index in [1.165, 1.54) is 32.1 Å². The molecule has 0 radical (unpaired) electrons. The summed E-state index contributed by atoms with van der Waals surface area (Å²) in [7, 11) is 0. The van der Waals surface area contributed by atoms with E-state index in [4.69, 9.17) is 0 Å². The van der Waals surface area contributed by atoms with E-state index >= 15 is 0 Å². The highest BCUT2D eigenvalue weighted by atomic mass is 15.3. The molecular weight excluding hydrogens is 232 g/mol. The normalized spacial score (nSPS) is 41.2. The van der Waals surface area contributed by atoms with Crippen LogP contribution in [0.1, 0.15) is 66.7 Å². The molecule has 19 heavy (non-hydrogen) atoms. The molecule has 3 aliphatic rings. The van der Waals surface area contributed by atoms with Crippen LogP contribution in [0.25, 0.3) is 0 Å². The number of nitrogens with one attached hydrogen (secondary N) is 1. The van der Waals surface area contributed by atoms with Gasteiger partial charge in [0, 0.05) is 24.2 Å². The van der Waals surface area contributed by atoms with Crippen molar-refractivity contribution in [2.45, 2.75) is 90.9 Å². The van der Waals surface area contributed by atoms with Crippen molar-refractivity contribution in [3.05, 3.63) is 0 Å². The van der Waals surface area contributed by atoms with E-state index in [1.54, 1.807) is 0 Å². The summed E-state index contributed by atoms with van der Waals surface area (Å²) < 4.78 is 0. The molecule has 3 fully saturated rings. The molecule has 2 aliphatic heterocycles. The highest BCUT2D eigenvalue weighted by molar-refractivity contribution is 5.21. The molecule has 3 rings (SSSR count). The summed E-state index contributed by atoms with van der Waals surface area (Å²) in [6.45, 7) is 13.3. The van der Waals surface area contributed by atoms with Crippen molar-refractivity contribution in [1.29, 1.82) is 0 Å². The molecule has 0 spiro atoms. The minimum Gasteiger partial charge on any atom is -0.314 e. The van der Waals surface area contributed by atoms with Gasteiger partial charge in [0.05, 0.1) is 0 Å². The molecule has 1 N–H and O–H groups in total. The van der Waals surface area contributed by atoms with Gasteiger partial charge in [-0.1, -0.05) is 41.0 Å². The zero-order valence-corrected chi connectivity index (χ0v) is 13.5. The lowest BCUT2D eigenvalue weighted by atomic mass is 9.81. The first kappa shape index (κ1) is 13.9. The van der Waals surface area contributed by atoms with Gasteiger partial charge in [0.25, 0.3) is 0 Å². The van der Waals surface area contributed by atoms with Crippen LogP contribution in [0.3, 0.4) is 0 Å². The Morgan fingerprint density at radius 3 is 1.95 bits per heavy atom. The first-order valence-corrected chi connectivity index (χ1v) is 8.40. The third-order valence-corrected chi connectivity index (χ3v) is 6.77. The number of rotatable bonds is 3. The maximum atomic E-state index is 3.71. The van der Waals surface area contributed by atoms with E-state index in [9.17, 15) is 0 Å². The fraction of sp³-hybridized carbons (Fsp3) is 1.00. The van der Waals surface area contributed by atoms with Crippen LogP contribution < -0.4 is 5.32 Å². The van der Waals surface area contributed by atoms with Crippen LogP contribution in [0.5, 0.6) is 0 Å². The second-order valence-corrected chi connectivity index (χ2v) is 8.26. The molecule has 0 aromatic rings. The van der Waals surface area contributed by atoms with Gasteiger partial charge in [-0.15, -0.1) is 0 Å². The van der Waals surface area contributed by atoms with Crippen molar-refractivity contribution in [2.24, 2.45) is 10.8 Å². The monoisotopic (exact) mass is 264 g/mol. The van der Waals surface area contributed by atoms with Gasteiger partial charge in [-0.05, 0) is 43.1 Å². The minimum atomic E-state index is 0.506. The number of hydrogen-bond acceptors (Lipinski definition) is 2. The van der Waals surface area contributed by atoms with Crippen LogP contribution in [0, 0.1) is 10.8 Å². The molecule has 2 heterocycles. The average Bonchev–Trinajstić information content (AvgIpc) is 2.69. The van der Waals surface area contributed by atoms with Gasteiger partial charge >= 0.3 is 0 Å². The van der Waals surface area contributed by atoms with Crippen molar-refractivity contribution in [2.75, 3.05) is 6.54 Å². The van der Waals surface area contributed by atoms with Crippen molar-refractivity contribution in [3.8, 4) is 0 Å². The molecule has 1 aliphatic carbocycles. The molecule has 2 nitrogen and oxygen atoms in total. The second kappa shape index (κ2) is 4.46. The Balaban J connectivity index is 1.77. The summed E-state index contributed by atoms with van der Waals surface area (Å²) in [5, 5.41) is 3.71. The molecular formula is C17H32N2. The molecule has 2 unspecified atom stereocenters. The quantitative estimate of drug-likeness (QED) is 0.840. The Morgan fingerprint density at radius 2 is 1.53 bits per heavy atom. The van der Waals surface area contributed by atoms with Crippen LogP contribution in [-0.4, -0.2) is 35.6 Å². The summed E-state index contributed by atoms with van der Waals surface area (Å²) in [4.78, 5) is 2.96. The standard InChI is InChI=1S/C17H32N2/c1-6-18-12-10-13-8-7-9-14(11-12)19(13)15-16(2,3)17(15,4)5/h12-15,18H,6-11H2,1-5H3. The number of piperidine rings is 2. The molecule has 2 bridgehead atoms. The molecule has 2 heteroatoms. The van der Waals surface area contributed by atoms with Gasteiger partial charge in [0.15, 0.2) is 0 Å². The van der Waals surface area contributed by atoms with E-state index in [-0.39, 0.29) is 0 Å². The molecule has 2 atom stereocenters. The van der Waals surface area contributed by atoms with Gasteiger partial charge in [-0.3, -0.25) is 4.90 Å². The van der Waals surface area contributed by atoms with E-state index in [1.807, 2.05) is 0 Å². The van der Waals surface area contributed by atoms with Crippen molar-refractivity contribution >= 4 is 0 Å². The first-order valence-electron chi connectivity index (χ1n) is 8.40. The highest BCUT2D eigenvalue weighted by Gasteiger charge is 2.69. The maximum absolute atomic E-state index is 3.71. The van der Waals surface area contributed by atoms with Crippen LogP contribution in [0.2, 0.25) is 0 Å². The Bertz CT molecular complexity index is 319. The molecule has 0 amide bonds. The largest absolute Gasteiger partial charge is 0.314 e. The van der Waals surface area contributed by atoms with Crippen LogP contribution in [0.15, 0.2) is 0 Å². The van der Waals surface area contributed by atoms with Crippen LogP contribution in [0.4, 0.5) is 0 Å². The van der Waals surface area contributed by atoms with E-state index < -0.39 is 0 Å². The third-order valence-electron chi connectivity index (χ3n) is 6.77. The lowest BCUT2D eigenvalue weighted by molar-refractivity contribution is 0.00366. The van der Waals surface area contributed by atoms with Gasteiger partial charge in [-0.2, -0.15) is 0 Å². The zero-order chi connectivity index (χ0) is 13.8. The van der Waals surface area contributed by atoms with Crippen LogP contribution >= 0.6 is 0 Å². The van der Waals surface area contributed by atoms with Crippen LogP contribution in [-0.2, 0) is 0 Å². The van der Waals surface area contributed by atoms with Gasteiger partial charge in [0.1, 0.15) is 0 Å². The summed E-state index contributed by atoms with van der Waals surface area (Å²) in [5.74, 6) is 0. The van der Waals surface area contributed by atoms with E-state index in [0.29, 0.717) is 10.8 Å². The highest BCUT2D eigenvalue weighted by Crippen LogP contribution is 2.67.